The Morgan fingerprint density at radius 1 is 1.09 bits per heavy atom. The van der Waals surface area contributed by atoms with Crippen LogP contribution in [0.2, 0.25) is 0 Å². The van der Waals surface area contributed by atoms with Gasteiger partial charge in [-0.2, -0.15) is 0 Å². The van der Waals surface area contributed by atoms with Crippen LogP contribution >= 0.6 is 0 Å². The van der Waals surface area contributed by atoms with Crippen molar-refractivity contribution < 1.29 is 9.53 Å². The molecule has 1 amide bonds. The van der Waals surface area contributed by atoms with Crippen molar-refractivity contribution in [1.29, 1.82) is 0 Å². The van der Waals surface area contributed by atoms with Gasteiger partial charge < -0.3 is 4.74 Å². The molecule has 1 saturated carbocycles. The number of fused-ring (bicyclic) bond motifs is 1. The number of amides is 1. The number of nitrogens with one attached hydrogen (secondary N) is 1. The number of anilines is 1. The molecule has 0 aromatic heterocycles. The van der Waals surface area contributed by atoms with E-state index in [1.165, 1.54) is 19.3 Å². The summed E-state index contributed by atoms with van der Waals surface area (Å²) in [4.78, 5) is 12.1. The van der Waals surface area contributed by atoms with Gasteiger partial charge in [0.15, 0.2) is 0 Å². The Morgan fingerprint density at radius 2 is 1.82 bits per heavy atom. The average molecular weight is 297 g/mol. The largest absolute Gasteiger partial charge is 0.446 e. The first-order valence-corrected chi connectivity index (χ1v) is 8.21. The predicted molar refractivity (Wildman–Crippen MR) is 90.1 cm³/mol. The fourth-order valence-corrected chi connectivity index (χ4v) is 3.28. The van der Waals surface area contributed by atoms with Crippen LogP contribution in [0.25, 0.3) is 10.8 Å². The van der Waals surface area contributed by atoms with Crippen LogP contribution in [-0.4, -0.2) is 12.2 Å². The Labute approximate surface area is 131 Å². The number of carbonyl (C=O) groups is 1. The van der Waals surface area contributed by atoms with Gasteiger partial charge in [-0.15, -0.1) is 0 Å². The third-order valence-corrected chi connectivity index (χ3v) is 4.67. The molecule has 0 bridgehead atoms. The van der Waals surface area contributed by atoms with Crippen LogP contribution in [0.1, 0.15) is 39.0 Å². The molecule has 1 aliphatic rings. The van der Waals surface area contributed by atoms with E-state index in [1.54, 1.807) is 0 Å². The van der Waals surface area contributed by atoms with Gasteiger partial charge >= 0.3 is 6.09 Å². The summed E-state index contributed by atoms with van der Waals surface area (Å²) in [7, 11) is 0. The van der Waals surface area contributed by atoms with Gasteiger partial charge in [0.1, 0.15) is 6.10 Å². The molecule has 2 aromatic rings. The van der Waals surface area contributed by atoms with Crippen molar-refractivity contribution in [3.05, 3.63) is 42.5 Å². The van der Waals surface area contributed by atoms with Crippen molar-refractivity contribution in [3.63, 3.8) is 0 Å². The van der Waals surface area contributed by atoms with Crippen molar-refractivity contribution in [2.75, 3.05) is 5.32 Å². The Balaban J connectivity index is 1.62. The normalized spacial score (nSPS) is 21.5. The zero-order valence-corrected chi connectivity index (χ0v) is 13.0. The fourth-order valence-electron chi connectivity index (χ4n) is 3.28. The molecule has 2 aromatic carbocycles. The second-order valence-electron chi connectivity index (χ2n) is 6.11. The minimum Gasteiger partial charge on any atom is -0.446 e. The smallest absolute Gasteiger partial charge is 0.411 e. The van der Waals surface area contributed by atoms with Gasteiger partial charge in [-0.05, 0) is 43.1 Å². The second-order valence-corrected chi connectivity index (χ2v) is 6.11. The highest BCUT2D eigenvalue weighted by Crippen LogP contribution is 2.29. The maximum atomic E-state index is 12.1. The zero-order chi connectivity index (χ0) is 15.4. The van der Waals surface area contributed by atoms with Gasteiger partial charge in [0.25, 0.3) is 0 Å². The minimum absolute atomic E-state index is 0.0674. The highest BCUT2D eigenvalue weighted by molar-refractivity contribution is 6.00. The number of rotatable bonds is 3. The van der Waals surface area contributed by atoms with E-state index in [4.69, 9.17) is 4.74 Å². The first-order chi connectivity index (χ1) is 10.8. The van der Waals surface area contributed by atoms with Gasteiger partial charge in [0.2, 0.25) is 0 Å². The Bertz CT molecular complexity index is 639. The first-order valence-electron chi connectivity index (χ1n) is 8.21. The van der Waals surface area contributed by atoms with Crippen LogP contribution in [0.5, 0.6) is 0 Å². The maximum Gasteiger partial charge on any atom is 0.411 e. The molecule has 0 saturated heterocycles. The number of hydrogen-bond acceptors (Lipinski definition) is 2. The summed E-state index contributed by atoms with van der Waals surface area (Å²) in [6.07, 6.45) is 5.28. The molecule has 3 rings (SSSR count). The highest BCUT2D eigenvalue weighted by atomic mass is 16.6. The molecule has 0 spiro atoms. The quantitative estimate of drug-likeness (QED) is 0.828. The van der Waals surface area contributed by atoms with Gasteiger partial charge in [-0.3, -0.25) is 5.32 Å². The summed E-state index contributed by atoms with van der Waals surface area (Å²) in [5.41, 5.74) is 0.811. The number of ether oxygens (including phenoxy) is 1. The first kappa shape index (κ1) is 14.9. The van der Waals surface area contributed by atoms with Crippen LogP contribution in [0.4, 0.5) is 10.5 Å². The van der Waals surface area contributed by atoms with Crippen LogP contribution in [0, 0.1) is 5.92 Å². The lowest BCUT2D eigenvalue weighted by Crippen LogP contribution is -2.26. The molecular weight excluding hydrogens is 274 g/mol. The Hall–Kier alpha value is -2.03. The summed E-state index contributed by atoms with van der Waals surface area (Å²) in [6, 6.07) is 13.9. The summed E-state index contributed by atoms with van der Waals surface area (Å²) in [6.45, 7) is 2.24. The van der Waals surface area contributed by atoms with E-state index in [1.807, 2.05) is 42.5 Å². The van der Waals surface area contributed by atoms with Crippen molar-refractivity contribution in [3.8, 4) is 0 Å². The van der Waals surface area contributed by atoms with E-state index in [0.717, 1.165) is 35.2 Å². The Morgan fingerprint density at radius 3 is 2.59 bits per heavy atom. The van der Waals surface area contributed by atoms with Crippen LogP contribution in [-0.2, 0) is 4.74 Å². The predicted octanol–water partition coefficient (Wildman–Crippen LogP) is 5.36. The maximum absolute atomic E-state index is 12.1. The minimum atomic E-state index is -0.337. The molecule has 3 nitrogen and oxygen atoms in total. The summed E-state index contributed by atoms with van der Waals surface area (Å²) < 4.78 is 5.59. The van der Waals surface area contributed by atoms with E-state index >= 15 is 0 Å². The lowest BCUT2D eigenvalue weighted by molar-refractivity contribution is 0.0738. The molecule has 1 N–H and O–H groups in total. The van der Waals surface area contributed by atoms with Gasteiger partial charge in [-0.1, -0.05) is 49.7 Å². The van der Waals surface area contributed by atoms with Crippen molar-refractivity contribution in [2.24, 2.45) is 5.92 Å². The van der Waals surface area contributed by atoms with E-state index in [2.05, 4.69) is 12.2 Å². The SMILES string of the molecule is CCC1CCC(OC(=O)Nc2cccc3ccccc23)CC1. The molecule has 0 unspecified atom stereocenters. The molecule has 1 fully saturated rings. The van der Waals surface area contributed by atoms with Gasteiger partial charge in [0.05, 0.1) is 5.69 Å². The standard InChI is InChI=1S/C19H23NO2/c1-2-14-10-12-16(13-11-14)22-19(21)20-18-9-5-7-15-6-3-4-8-17(15)18/h3-9,14,16H,2,10-13H2,1H3,(H,20,21). The monoisotopic (exact) mass is 297 g/mol. The van der Waals surface area contributed by atoms with Crippen molar-refractivity contribution in [2.45, 2.75) is 45.1 Å². The molecule has 0 aliphatic heterocycles. The molecule has 0 radical (unpaired) electrons. The number of benzene rings is 2. The van der Waals surface area contributed by atoms with E-state index in [9.17, 15) is 4.79 Å². The van der Waals surface area contributed by atoms with E-state index in [0.29, 0.717) is 0 Å². The van der Waals surface area contributed by atoms with Crippen molar-refractivity contribution in [1.82, 2.24) is 0 Å². The summed E-state index contributed by atoms with van der Waals surface area (Å²) in [5, 5.41) is 5.05. The number of carbonyl (C=O) groups excluding carboxylic acids is 1. The highest BCUT2D eigenvalue weighted by Gasteiger charge is 2.23. The fraction of sp³-hybridized carbons (Fsp3) is 0.421. The molecule has 22 heavy (non-hydrogen) atoms. The summed E-state index contributed by atoms with van der Waals surface area (Å²) >= 11 is 0. The molecule has 1 aliphatic carbocycles. The third kappa shape index (κ3) is 3.41. The average Bonchev–Trinajstić information content (AvgIpc) is 2.56. The zero-order valence-electron chi connectivity index (χ0n) is 13.0. The third-order valence-electron chi connectivity index (χ3n) is 4.67. The molecule has 116 valence electrons. The lowest BCUT2D eigenvalue weighted by atomic mass is 9.86. The number of hydrogen-bond donors (Lipinski definition) is 1. The second kappa shape index (κ2) is 6.82. The molecular formula is C19H23NO2. The topological polar surface area (TPSA) is 38.3 Å². The Kier molecular flexibility index (Phi) is 4.62. The summed E-state index contributed by atoms with van der Waals surface area (Å²) in [5.74, 6) is 0.806. The van der Waals surface area contributed by atoms with Crippen LogP contribution in [0.3, 0.4) is 0 Å². The van der Waals surface area contributed by atoms with Gasteiger partial charge in [-0.25, -0.2) is 4.79 Å². The molecule has 3 heteroatoms. The lowest BCUT2D eigenvalue weighted by Gasteiger charge is -2.27. The van der Waals surface area contributed by atoms with E-state index in [-0.39, 0.29) is 12.2 Å². The van der Waals surface area contributed by atoms with Crippen LogP contribution < -0.4 is 5.32 Å². The van der Waals surface area contributed by atoms with E-state index < -0.39 is 0 Å². The van der Waals surface area contributed by atoms with Crippen molar-refractivity contribution >= 4 is 22.6 Å². The molecule has 0 atom stereocenters. The van der Waals surface area contributed by atoms with Gasteiger partial charge in [0, 0.05) is 5.39 Å². The van der Waals surface area contributed by atoms with Crippen LogP contribution in [0.15, 0.2) is 42.5 Å². The molecule has 0 heterocycles.